The van der Waals surface area contributed by atoms with Crippen molar-refractivity contribution in [2.24, 2.45) is 0 Å². The molecule has 0 aliphatic carbocycles. The Labute approximate surface area is 120 Å². The molecule has 1 aliphatic rings. The molecule has 0 atom stereocenters. The van der Waals surface area contributed by atoms with Crippen molar-refractivity contribution in [2.75, 3.05) is 18.4 Å². The molecular formula is C14H17F3N2O2. The monoisotopic (exact) mass is 302 g/mol. The van der Waals surface area contributed by atoms with E-state index < -0.39 is 23.4 Å². The number of rotatable bonds is 1. The van der Waals surface area contributed by atoms with Gasteiger partial charge in [0.25, 0.3) is 0 Å². The summed E-state index contributed by atoms with van der Waals surface area (Å²) in [7, 11) is 0. The minimum absolute atomic E-state index is 0.104. The van der Waals surface area contributed by atoms with Gasteiger partial charge in [-0.25, -0.2) is 4.79 Å². The first kappa shape index (κ1) is 15.6. The predicted molar refractivity (Wildman–Crippen MR) is 71.9 cm³/mol. The zero-order valence-corrected chi connectivity index (χ0v) is 11.6. The van der Waals surface area contributed by atoms with E-state index in [1.807, 2.05) is 0 Å². The number of halogens is 3. The second-order valence-corrected chi connectivity index (χ2v) is 5.49. The normalized spacial score (nSPS) is 18.4. The van der Waals surface area contributed by atoms with E-state index in [1.54, 1.807) is 6.92 Å². The summed E-state index contributed by atoms with van der Waals surface area (Å²) >= 11 is 0. The smallest absolute Gasteiger partial charge is 0.390 e. The number of aliphatic hydroxyl groups is 1. The third-order valence-corrected chi connectivity index (χ3v) is 3.57. The van der Waals surface area contributed by atoms with Gasteiger partial charge in [0.2, 0.25) is 0 Å². The third-order valence-electron chi connectivity index (χ3n) is 3.57. The summed E-state index contributed by atoms with van der Waals surface area (Å²) in [6.45, 7) is 2.45. The highest BCUT2D eigenvalue weighted by atomic mass is 19.4. The zero-order chi connectivity index (χ0) is 15.7. The number of nitrogens with one attached hydrogen (secondary N) is 1. The maximum Gasteiger partial charge on any atom is 0.416 e. The first-order valence-electron chi connectivity index (χ1n) is 6.63. The van der Waals surface area contributed by atoms with Crippen molar-refractivity contribution >= 4 is 11.7 Å². The van der Waals surface area contributed by atoms with Gasteiger partial charge in [0.15, 0.2) is 0 Å². The first-order valence-corrected chi connectivity index (χ1v) is 6.63. The largest absolute Gasteiger partial charge is 0.416 e. The van der Waals surface area contributed by atoms with Gasteiger partial charge < -0.3 is 15.3 Å². The number of benzene rings is 1. The van der Waals surface area contributed by atoms with Crippen molar-refractivity contribution in [1.29, 1.82) is 0 Å². The fraction of sp³-hybridized carbons (Fsp3) is 0.500. The molecule has 1 aromatic carbocycles. The lowest BCUT2D eigenvalue weighted by atomic mass is 9.94. The lowest BCUT2D eigenvalue weighted by Gasteiger charge is -2.35. The average Bonchev–Trinajstić information content (AvgIpc) is 2.37. The number of piperidine rings is 1. The van der Waals surface area contributed by atoms with E-state index in [0.717, 1.165) is 12.1 Å². The van der Waals surface area contributed by atoms with Gasteiger partial charge in [-0.3, -0.25) is 0 Å². The van der Waals surface area contributed by atoms with E-state index in [9.17, 15) is 23.1 Å². The predicted octanol–water partition coefficient (Wildman–Crippen LogP) is 3.08. The van der Waals surface area contributed by atoms with Crippen LogP contribution in [-0.2, 0) is 6.18 Å². The maximum absolute atomic E-state index is 12.6. The van der Waals surface area contributed by atoms with Crippen molar-refractivity contribution in [2.45, 2.75) is 31.5 Å². The molecule has 0 saturated carbocycles. The lowest BCUT2D eigenvalue weighted by molar-refractivity contribution is -0.137. The molecule has 1 aliphatic heterocycles. The van der Waals surface area contributed by atoms with E-state index in [-0.39, 0.29) is 5.69 Å². The van der Waals surface area contributed by atoms with E-state index in [0.29, 0.717) is 25.9 Å². The fourth-order valence-electron chi connectivity index (χ4n) is 2.17. The molecule has 1 aromatic rings. The number of carbonyl (C=O) groups excluding carboxylic acids is 1. The number of anilines is 1. The molecule has 1 saturated heterocycles. The molecule has 0 radical (unpaired) electrons. The highest BCUT2D eigenvalue weighted by Crippen LogP contribution is 2.30. The first-order chi connectivity index (χ1) is 9.67. The lowest BCUT2D eigenvalue weighted by Crippen LogP contribution is -2.46. The number of likely N-dealkylation sites (tertiary alicyclic amines) is 1. The van der Waals surface area contributed by atoms with Gasteiger partial charge in [-0.1, -0.05) is 6.07 Å². The van der Waals surface area contributed by atoms with Crippen molar-refractivity contribution in [3.63, 3.8) is 0 Å². The number of hydrogen-bond donors (Lipinski definition) is 2. The Morgan fingerprint density at radius 2 is 1.95 bits per heavy atom. The fourth-order valence-corrected chi connectivity index (χ4v) is 2.17. The number of amides is 2. The van der Waals surface area contributed by atoms with Gasteiger partial charge in [-0.15, -0.1) is 0 Å². The summed E-state index contributed by atoms with van der Waals surface area (Å²) in [5.41, 5.74) is -1.48. The summed E-state index contributed by atoms with van der Waals surface area (Å²) in [6.07, 6.45) is -3.55. The molecule has 0 aromatic heterocycles. The molecule has 0 unspecified atom stereocenters. The quantitative estimate of drug-likeness (QED) is 0.837. The molecule has 1 heterocycles. The molecule has 2 amide bonds. The molecule has 2 N–H and O–H groups in total. The Hall–Kier alpha value is -1.76. The number of carbonyl (C=O) groups is 1. The van der Waals surface area contributed by atoms with Crippen LogP contribution in [0.1, 0.15) is 25.3 Å². The number of alkyl halides is 3. The number of urea groups is 1. The van der Waals surface area contributed by atoms with Crippen LogP contribution in [0.4, 0.5) is 23.7 Å². The minimum atomic E-state index is -4.44. The summed E-state index contributed by atoms with van der Waals surface area (Å²) < 4.78 is 37.8. The molecule has 0 bridgehead atoms. The minimum Gasteiger partial charge on any atom is -0.390 e. The topological polar surface area (TPSA) is 52.6 Å². The zero-order valence-electron chi connectivity index (χ0n) is 11.6. The van der Waals surface area contributed by atoms with Gasteiger partial charge in [0, 0.05) is 18.8 Å². The van der Waals surface area contributed by atoms with Crippen molar-refractivity contribution in [3.8, 4) is 0 Å². The number of hydrogen-bond acceptors (Lipinski definition) is 2. The van der Waals surface area contributed by atoms with Crippen LogP contribution in [0.5, 0.6) is 0 Å². The molecule has 21 heavy (non-hydrogen) atoms. The Bertz CT molecular complexity index is 519. The Kier molecular flexibility index (Phi) is 4.13. The Balaban J connectivity index is 2.00. The molecular weight excluding hydrogens is 285 g/mol. The standard InChI is InChI=1S/C14H17F3N2O2/c1-13(21)5-7-19(8-6-13)12(20)18-11-4-2-3-10(9-11)14(15,16)17/h2-4,9,21H,5-8H2,1H3,(H,18,20). The van der Waals surface area contributed by atoms with Crippen LogP contribution in [0.25, 0.3) is 0 Å². The van der Waals surface area contributed by atoms with Gasteiger partial charge in [-0.05, 0) is 38.0 Å². The van der Waals surface area contributed by atoms with Gasteiger partial charge >= 0.3 is 12.2 Å². The third kappa shape index (κ3) is 4.10. The second-order valence-electron chi connectivity index (χ2n) is 5.49. The van der Waals surface area contributed by atoms with Crippen molar-refractivity contribution in [3.05, 3.63) is 29.8 Å². The molecule has 2 rings (SSSR count). The Morgan fingerprint density at radius 1 is 1.33 bits per heavy atom. The highest BCUT2D eigenvalue weighted by Gasteiger charge is 2.31. The van der Waals surface area contributed by atoms with Crippen molar-refractivity contribution < 1.29 is 23.1 Å². The van der Waals surface area contributed by atoms with E-state index >= 15 is 0 Å². The van der Waals surface area contributed by atoms with Crippen LogP contribution in [0, 0.1) is 0 Å². The average molecular weight is 302 g/mol. The summed E-state index contributed by atoms with van der Waals surface area (Å²) in [5.74, 6) is 0. The van der Waals surface area contributed by atoms with Crippen LogP contribution < -0.4 is 5.32 Å². The van der Waals surface area contributed by atoms with E-state index in [2.05, 4.69) is 5.32 Å². The van der Waals surface area contributed by atoms with E-state index in [4.69, 9.17) is 0 Å². The van der Waals surface area contributed by atoms with E-state index in [1.165, 1.54) is 17.0 Å². The van der Waals surface area contributed by atoms with Gasteiger partial charge in [0.1, 0.15) is 0 Å². The molecule has 116 valence electrons. The van der Waals surface area contributed by atoms with Crippen LogP contribution in [0.2, 0.25) is 0 Å². The maximum atomic E-state index is 12.6. The van der Waals surface area contributed by atoms with Crippen LogP contribution in [-0.4, -0.2) is 34.7 Å². The number of nitrogens with zero attached hydrogens (tertiary/aromatic N) is 1. The van der Waals surface area contributed by atoms with Crippen LogP contribution >= 0.6 is 0 Å². The van der Waals surface area contributed by atoms with Crippen LogP contribution in [0.15, 0.2) is 24.3 Å². The molecule has 7 heteroatoms. The van der Waals surface area contributed by atoms with Crippen molar-refractivity contribution in [1.82, 2.24) is 4.90 Å². The Morgan fingerprint density at radius 3 is 2.52 bits per heavy atom. The summed E-state index contributed by atoms with van der Waals surface area (Å²) in [5, 5.41) is 12.3. The SMILES string of the molecule is CC1(O)CCN(C(=O)Nc2cccc(C(F)(F)F)c2)CC1. The molecule has 1 fully saturated rings. The van der Waals surface area contributed by atoms with Gasteiger partial charge in [0.05, 0.1) is 11.2 Å². The molecule has 0 spiro atoms. The summed E-state index contributed by atoms with van der Waals surface area (Å²) in [6, 6.07) is 4.06. The van der Waals surface area contributed by atoms with Crippen LogP contribution in [0.3, 0.4) is 0 Å². The second kappa shape index (κ2) is 5.55. The molecule has 4 nitrogen and oxygen atoms in total. The van der Waals surface area contributed by atoms with Gasteiger partial charge in [-0.2, -0.15) is 13.2 Å². The highest BCUT2D eigenvalue weighted by molar-refractivity contribution is 5.89. The summed E-state index contributed by atoms with van der Waals surface area (Å²) in [4.78, 5) is 13.5.